The van der Waals surface area contributed by atoms with Crippen molar-refractivity contribution >= 4 is 17.8 Å². The summed E-state index contributed by atoms with van der Waals surface area (Å²) >= 11 is 0. The third-order valence-corrected chi connectivity index (χ3v) is 2.36. The maximum absolute atomic E-state index is 11.7. The van der Waals surface area contributed by atoms with Gasteiger partial charge in [0.25, 0.3) is 5.91 Å². The molecule has 0 radical (unpaired) electrons. The van der Waals surface area contributed by atoms with Crippen LogP contribution >= 0.6 is 0 Å². The molecule has 0 aliphatic carbocycles. The number of pyridine rings is 1. The summed E-state index contributed by atoms with van der Waals surface area (Å²) in [7, 11) is 3.26. The normalized spacial score (nSPS) is 9.79. The van der Waals surface area contributed by atoms with E-state index in [1.807, 2.05) is 0 Å². The molecule has 1 aromatic rings. The van der Waals surface area contributed by atoms with E-state index in [2.05, 4.69) is 10.3 Å². The number of carboxylic acids is 1. The summed E-state index contributed by atoms with van der Waals surface area (Å²) in [6.07, 6.45) is 1.44. The van der Waals surface area contributed by atoms with Crippen molar-refractivity contribution in [1.29, 1.82) is 0 Å². The lowest BCUT2D eigenvalue weighted by molar-refractivity contribution is -0.128. The highest BCUT2D eigenvalue weighted by Gasteiger charge is 2.11. The van der Waals surface area contributed by atoms with Gasteiger partial charge < -0.3 is 15.3 Å². The van der Waals surface area contributed by atoms with Crippen LogP contribution in [0.1, 0.15) is 27.3 Å². The van der Waals surface area contributed by atoms with Gasteiger partial charge in [-0.1, -0.05) is 0 Å². The van der Waals surface area contributed by atoms with Gasteiger partial charge in [0.1, 0.15) is 5.69 Å². The van der Waals surface area contributed by atoms with Crippen molar-refractivity contribution in [2.24, 2.45) is 0 Å². The topological polar surface area (TPSA) is 99.6 Å². The maximum atomic E-state index is 11.7. The predicted octanol–water partition coefficient (Wildman–Crippen LogP) is -0.0121. The van der Waals surface area contributed by atoms with Crippen molar-refractivity contribution in [3.8, 4) is 0 Å². The summed E-state index contributed by atoms with van der Waals surface area (Å²) in [5.74, 6) is -1.73. The van der Waals surface area contributed by atoms with Gasteiger partial charge in [0.2, 0.25) is 5.91 Å². The van der Waals surface area contributed by atoms with E-state index < -0.39 is 11.9 Å². The Hall–Kier alpha value is -2.44. The number of amides is 2. The summed E-state index contributed by atoms with van der Waals surface area (Å²) in [4.78, 5) is 38.8. The molecule has 1 rings (SSSR count). The van der Waals surface area contributed by atoms with Gasteiger partial charge in [-0.2, -0.15) is 0 Å². The van der Waals surface area contributed by atoms with Crippen LogP contribution in [0.5, 0.6) is 0 Å². The van der Waals surface area contributed by atoms with E-state index in [4.69, 9.17) is 5.11 Å². The fourth-order valence-corrected chi connectivity index (χ4v) is 1.30. The summed E-state index contributed by atoms with van der Waals surface area (Å²) in [5.41, 5.74) is 0.00159. The molecule has 1 heterocycles. The van der Waals surface area contributed by atoms with Crippen molar-refractivity contribution in [3.05, 3.63) is 29.6 Å². The summed E-state index contributed by atoms with van der Waals surface area (Å²) in [6.45, 7) is 0.195. The second-order valence-corrected chi connectivity index (χ2v) is 4.03. The first-order valence-electron chi connectivity index (χ1n) is 5.59. The number of aromatic nitrogens is 1. The highest BCUT2D eigenvalue weighted by Crippen LogP contribution is 2.02. The molecule has 0 bridgehead atoms. The third kappa shape index (κ3) is 4.38. The largest absolute Gasteiger partial charge is 0.477 e. The Kier molecular flexibility index (Phi) is 4.99. The molecule has 0 atom stereocenters. The Morgan fingerprint density at radius 2 is 2.05 bits per heavy atom. The second-order valence-electron chi connectivity index (χ2n) is 4.03. The van der Waals surface area contributed by atoms with E-state index in [1.54, 1.807) is 14.1 Å². The monoisotopic (exact) mass is 265 g/mol. The Balaban J connectivity index is 2.57. The maximum Gasteiger partial charge on any atom is 0.354 e. The third-order valence-electron chi connectivity index (χ3n) is 2.36. The number of nitrogens with zero attached hydrogens (tertiary/aromatic N) is 2. The zero-order valence-electron chi connectivity index (χ0n) is 10.7. The Bertz CT molecular complexity index is 500. The van der Waals surface area contributed by atoms with Crippen LogP contribution in [0.25, 0.3) is 0 Å². The van der Waals surface area contributed by atoms with Crippen LogP contribution < -0.4 is 5.32 Å². The highest BCUT2D eigenvalue weighted by atomic mass is 16.4. The van der Waals surface area contributed by atoms with E-state index in [1.165, 1.54) is 23.2 Å². The molecule has 0 fully saturated rings. The number of carboxylic acid groups (broad SMARTS) is 1. The van der Waals surface area contributed by atoms with Gasteiger partial charge >= 0.3 is 5.97 Å². The molecular weight excluding hydrogens is 250 g/mol. The van der Waals surface area contributed by atoms with Gasteiger partial charge in [0.05, 0.1) is 0 Å². The molecule has 0 spiro atoms. The number of hydrogen-bond acceptors (Lipinski definition) is 4. The smallest absolute Gasteiger partial charge is 0.354 e. The van der Waals surface area contributed by atoms with Crippen molar-refractivity contribution in [3.63, 3.8) is 0 Å². The molecule has 1 aromatic heterocycles. The Morgan fingerprint density at radius 3 is 2.63 bits per heavy atom. The molecule has 7 heteroatoms. The molecule has 102 valence electrons. The molecule has 0 aromatic carbocycles. The molecule has 0 unspecified atom stereocenters. The first-order chi connectivity index (χ1) is 8.91. The van der Waals surface area contributed by atoms with Crippen LogP contribution in [0.2, 0.25) is 0 Å². The number of carbonyl (C=O) groups excluding carboxylic acids is 2. The molecular formula is C12H15N3O4. The Labute approximate surface area is 110 Å². The quantitative estimate of drug-likeness (QED) is 0.780. The number of aromatic carboxylic acids is 1. The van der Waals surface area contributed by atoms with Crippen LogP contribution in [0.4, 0.5) is 0 Å². The summed E-state index contributed by atoms with van der Waals surface area (Å²) in [6, 6.07) is 2.60. The number of rotatable bonds is 5. The first-order valence-corrected chi connectivity index (χ1v) is 5.59. The predicted molar refractivity (Wildman–Crippen MR) is 66.8 cm³/mol. The zero-order chi connectivity index (χ0) is 14.4. The fourth-order valence-electron chi connectivity index (χ4n) is 1.30. The summed E-state index contributed by atoms with van der Waals surface area (Å²) < 4.78 is 0. The highest BCUT2D eigenvalue weighted by molar-refractivity contribution is 5.96. The van der Waals surface area contributed by atoms with Crippen LogP contribution in [0, 0.1) is 0 Å². The fraction of sp³-hybridized carbons (Fsp3) is 0.333. The number of nitrogens with one attached hydrogen (secondary N) is 1. The molecule has 0 saturated carbocycles. The van der Waals surface area contributed by atoms with Crippen molar-refractivity contribution in [1.82, 2.24) is 15.2 Å². The van der Waals surface area contributed by atoms with Crippen molar-refractivity contribution < 1.29 is 19.5 Å². The van der Waals surface area contributed by atoms with Gasteiger partial charge in [-0.3, -0.25) is 9.59 Å². The van der Waals surface area contributed by atoms with Gasteiger partial charge in [0, 0.05) is 38.8 Å². The summed E-state index contributed by atoms with van der Waals surface area (Å²) in [5, 5.41) is 11.3. The van der Waals surface area contributed by atoms with E-state index >= 15 is 0 Å². The van der Waals surface area contributed by atoms with Crippen molar-refractivity contribution in [2.45, 2.75) is 6.42 Å². The minimum absolute atomic E-state index is 0.0961. The zero-order valence-corrected chi connectivity index (χ0v) is 10.7. The molecule has 19 heavy (non-hydrogen) atoms. The molecule has 0 saturated heterocycles. The van der Waals surface area contributed by atoms with Gasteiger partial charge in [-0.25, -0.2) is 9.78 Å². The van der Waals surface area contributed by atoms with Gasteiger partial charge in [-0.15, -0.1) is 0 Å². The molecule has 0 aliphatic rings. The lowest BCUT2D eigenvalue weighted by Gasteiger charge is -2.10. The average Bonchev–Trinajstić information content (AvgIpc) is 2.38. The molecule has 2 amide bonds. The molecule has 0 aliphatic heterocycles. The van der Waals surface area contributed by atoms with Gasteiger partial charge in [-0.05, 0) is 12.1 Å². The van der Waals surface area contributed by atoms with E-state index in [0.717, 1.165) is 0 Å². The number of hydrogen-bond donors (Lipinski definition) is 2. The SMILES string of the molecule is CN(C)C(=O)CCNC(=O)c1ccnc(C(=O)O)c1. The lowest BCUT2D eigenvalue weighted by atomic mass is 10.2. The average molecular weight is 265 g/mol. The van der Waals surface area contributed by atoms with Crippen LogP contribution in [-0.2, 0) is 4.79 Å². The standard InChI is InChI=1S/C12H15N3O4/c1-15(2)10(16)4-6-14-11(17)8-3-5-13-9(7-8)12(18)19/h3,5,7H,4,6H2,1-2H3,(H,14,17)(H,18,19). The second kappa shape index (κ2) is 6.48. The minimum atomic E-state index is -1.20. The minimum Gasteiger partial charge on any atom is -0.477 e. The number of carbonyl (C=O) groups is 3. The molecule has 7 nitrogen and oxygen atoms in total. The van der Waals surface area contributed by atoms with Crippen LogP contribution in [-0.4, -0.2) is 53.4 Å². The van der Waals surface area contributed by atoms with Gasteiger partial charge in [0.15, 0.2) is 0 Å². The first kappa shape index (κ1) is 14.6. The van der Waals surface area contributed by atoms with E-state index in [9.17, 15) is 14.4 Å². The van der Waals surface area contributed by atoms with Crippen molar-refractivity contribution in [2.75, 3.05) is 20.6 Å². The lowest BCUT2D eigenvalue weighted by Crippen LogP contribution is -2.30. The van der Waals surface area contributed by atoms with Crippen LogP contribution in [0.3, 0.4) is 0 Å². The van der Waals surface area contributed by atoms with E-state index in [0.29, 0.717) is 0 Å². The van der Waals surface area contributed by atoms with Crippen LogP contribution in [0.15, 0.2) is 18.3 Å². The molecule has 2 N–H and O–H groups in total. The van der Waals surface area contributed by atoms with E-state index in [-0.39, 0.29) is 30.1 Å². The Morgan fingerprint density at radius 1 is 1.37 bits per heavy atom.